The minimum atomic E-state index is 0.742. The molecular weight excluding hydrogens is 196 g/mol. The molecule has 0 aliphatic heterocycles. The monoisotopic (exact) mass is 219 g/mol. The zero-order valence-electron chi connectivity index (χ0n) is 9.05. The van der Waals surface area contributed by atoms with Gasteiger partial charge in [0.1, 0.15) is 0 Å². The Labute approximate surface area is 92.6 Å². The highest BCUT2D eigenvalue weighted by Gasteiger charge is 2.04. The van der Waals surface area contributed by atoms with E-state index >= 15 is 0 Å². The van der Waals surface area contributed by atoms with Crippen molar-refractivity contribution >= 4 is 23.5 Å². The molecule has 0 fully saturated rings. The second-order valence-electron chi connectivity index (χ2n) is 3.11. The first-order chi connectivity index (χ1) is 6.35. The molecule has 2 heteroatoms. The van der Waals surface area contributed by atoms with Gasteiger partial charge in [-0.2, -0.15) is 0 Å². The van der Waals surface area contributed by atoms with Crippen molar-refractivity contribution in [2.24, 2.45) is 0 Å². The highest BCUT2D eigenvalue weighted by Crippen LogP contribution is 2.27. The molecule has 0 amide bonds. The SMILES string of the molecule is [CH2]CC(SCC)SCCCCCC. The normalized spacial score (nSPS) is 13.2. The molecule has 1 radical (unpaired) electrons. The van der Waals surface area contributed by atoms with Crippen molar-refractivity contribution in [3.05, 3.63) is 6.92 Å². The highest BCUT2D eigenvalue weighted by molar-refractivity contribution is 8.16. The predicted octanol–water partition coefficient (Wildman–Crippen LogP) is 4.60. The molecule has 0 bridgehead atoms. The fourth-order valence-corrected chi connectivity index (χ4v) is 3.56. The van der Waals surface area contributed by atoms with Gasteiger partial charge in [-0.05, 0) is 24.3 Å². The van der Waals surface area contributed by atoms with Crippen LogP contribution in [0.15, 0.2) is 0 Å². The van der Waals surface area contributed by atoms with Crippen LogP contribution >= 0.6 is 23.5 Å². The Morgan fingerprint density at radius 1 is 1.08 bits per heavy atom. The van der Waals surface area contributed by atoms with Crippen LogP contribution in [0.4, 0.5) is 0 Å². The maximum absolute atomic E-state index is 3.98. The molecule has 0 nitrogen and oxygen atoms in total. The summed E-state index contributed by atoms with van der Waals surface area (Å²) < 4.78 is 0.742. The summed E-state index contributed by atoms with van der Waals surface area (Å²) >= 11 is 4.14. The van der Waals surface area contributed by atoms with E-state index in [0.717, 1.165) is 11.0 Å². The van der Waals surface area contributed by atoms with Gasteiger partial charge in [-0.3, -0.25) is 0 Å². The summed E-state index contributed by atoms with van der Waals surface area (Å²) in [4.78, 5) is 0. The van der Waals surface area contributed by atoms with E-state index in [4.69, 9.17) is 0 Å². The minimum Gasteiger partial charge on any atom is -0.148 e. The third kappa shape index (κ3) is 9.01. The first-order valence-corrected chi connectivity index (χ1v) is 7.47. The van der Waals surface area contributed by atoms with E-state index in [2.05, 4.69) is 32.5 Å². The van der Waals surface area contributed by atoms with E-state index < -0.39 is 0 Å². The van der Waals surface area contributed by atoms with Gasteiger partial charge in [-0.25, -0.2) is 0 Å². The van der Waals surface area contributed by atoms with Gasteiger partial charge in [0, 0.05) is 0 Å². The van der Waals surface area contributed by atoms with Gasteiger partial charge < -0.3 is 0 Å². The van der Waals surface area contributed by atoms with E-state index in [-0.39, 0.29) is 0 Å². The van der Waals surface area contributed by atoms with Crippen molar-refractivity contribution in [1.82, 2.24) is 0 Å². The van der Waals surface area contributed by atoms with Gasteiger partial charge in [-0.15, -0.1) is 23.5 Å². The van der Waals surface area contributed by atoms with Crippen LogP contribution in [-0.2, 0) is 0 Å². The zero-order chi connectivity index (χ0) is 9.94. The summed E-state index contributed by atoms with van der Waals surface area (Å²) in [6, 6.07) is 0. The lowest BCUT2D eigenvalue weighted by atomic mass is 10.2. The van der Waals surface area contributed by atoms with Crippen molar-refractivity contribution in [3.63, 3.8) is 0 Å². The third-order valence-electron chi connectivity index (χ3n) is 1.89. The second kappa shape index (κ2) is 10.8. The van der Waals surface area contributed by atoms with Gasteiger partial charge >= 0.3 is 0 Å². The van der Waals surface area contributed by atoms with Crippen LogP contribution in [0, 0.1) is 6.92 Å². The molecule has 79 valence electrons. The van der Waals surface area contributed by atoms with Crippen molar-refractivity contribution in [1.29, 1.82) is 0 Å². The maximum Gasteiger partial charge on any atom is 0.0502 e. The molecule has 0 aliphatic rings. The summed E-state index contributed by atoms with van der Waals surface area (Å²) in [6.45, 7) is 8.47. The van der Waals surface area contributed by atoms with Gasteiger partial charge in [-0.1, -0.05) is 40.0 Å². The molecule has 0 aromatic rings. The molecule has 0 aromatic carbocycles. The number of unbranched alkanes of at least 4 members (excludes halogenated alkanes) is 3. The van der Waals surface area contributed by atoms with E-state index in [1.54, 1.807) is 0 Å². The Morgan fingerprint density at radius 2 is 1.85 bits per heavy atom. The van der Waals surface area contributed by atoms with E-state index in [1.807, 2.05) is 11.8 Å². The molecule has 0 heterocycles. The number of rotatable bonds is 9. The number of thioether (sulfide) groups is 2. The van der Waals surface area contributed by atoms with E-state index in [1.165, 1.54) is 37.2 Å². The molecule has 1 atom stereocenters. The lowest BCUT2D eigenvalue weighted by molar-refractivity contribution is 0.706. The van der Waals surface area contributed by atoms with E-state index in [9.17, 15) is 0 Å². The van der Waals surface area contributed by atoms with Crippen LogP contribution < -0.4 is 0 Å². The topological polar surface area (TPSA) is 0 Å². The van der Waals surface area contributed by atoms with Crippen LogP contribution in [-0.4, -0.2) is 16.1 Å². The van der Waals surface area contributed by atoms with Gasteiger partial charge in [0.05, 0.1) is 4.58 Å². The molecule has 0 rings (SSSR count). The highest BCUT2D eigenvalue weighted by atomic mass is 32.2. The van der Waals surface area contributed by atoms with Crippen LogP contribution in [0.5, 0.6) is 0 Å². The molecule has 0 saturated heterocycles. The smallest absolute Gasteiger partial charge is 0.0502 e. The van der Waals surface area contributed by atoms with E-state index in [0.29, 0.717) is 0 Å². The minimum absolute atomic E-state index is 0.742. The molecule has 13 heavy (non-hydrogen) atoms. The maximum atomic E-state index is 3.98. The Bertz CT molecular complexity index is 94.1. The quantitative estimate of drug-likeness (QED) is 0.410. The number of hydrogen-bond donors (Lipinski definition) is 0. The molecule has 0 saturated carbocycles. The molecule has 1 unspecified atom stereocenters. The summed E-state index contributed by atoms with van der Waals surface area (Å²) in [6.07, 6.45) is 6.60. The lowest BCUT2D eigenvalue weighted by Gasteiger charge is -2.12. The summed E-state index contributed by atoms with van der Waals surface area (Å²) in [7, 11) is 0. The fourth-order valence-electron chi connectivity index (χ4n) is 1.14. The second-order valence-corrected chi connectivity index (χ2v) is 6.19. The Kier molecular flexibility index (Phi) is 11.4. The van der Waals surface area contributed by atoms with Crippen molar-refractivity contribution < 1.29 is 0 Å². The number of hydrogen-bond acceptors (Lipinski definition) is 2. The van der Waals surface area contributed by atoms with Crippen LogP contribution in [0.3, 0.4) is 0 Å². The Morgan fingerprint density at radius 3 is 2.38 bits per heavy atom. The average Bonchev–Trinajstić information content (AvgIpc) is 2.16. The van der Waals surface area contributed by atoms with Crippen molar-refractivity contribution in [2.45, 2.75) is 50.5 Å². The molecular formula is C11H23S2. The molecule has 0 aromatic heterocycles. The first kappa shape index (κ1) is 13.7. The summed E-state index contributed by atoms with van der Waals surface area (Å²) in [5.74, 6) is 2.55. The van der Waals surface area contributed by atoms with Crippen LogP contribution in [0.25, 0.3) is 0 Å². The zero-order valence-corrected chi connectivity index (χ0v) is 10.7. The Balaban J connectivity index is 3.17. The average molecular weight is 219 g/mol. The fraction of sp³-hybridized carbons (Fsp3) is 0.909. The molecule has 0 N–H and O–H groups in total. The van der Waals surface area contributed by atoms with Gasteiger partial charge in [0.25, 0.3) is 0 Å². The van der Waals surface area contributed by atoms with Crippen molar-refractivity contribution in [2.75, 3.05) is 11.5 Å². The third-order valence-corrected chi connectivity index (χ3v) is 4.78. The van der Waals surface area contributed by atoms with Crippen LogP contribution in [0.2, 0.25) is 0 Å². The molecule has 0 spiro atoms. The Hall–Kier alpha value is 0.700. The van der Waals surface area contributed by atoms with Gasteiger partial charge in [0.15, 0.2) is 0 Å². The summed E-state index contributed by atoms with van der Waals surface area (Å²) in [5.41, 5.74) is 0. The standard InChI is InChI=1S/C11H23S2/c1-4-7-8-9-10-13-11(5-2)12-6-3/h11H,2,4-10H2,1,3H3. The van der Waals surface area contributed by atoms with Crippen LogP contribution in [0.1, 0.15) is 46.0 Å². The lowest BCUT2D eigenvalue weighted by Crippen LogP contribution is -1.96. The van der Waals surface area contributed by atoms with Gasteiger partial charge in [0.2, 0.25) is 0 Å². The molecule has 0 aliphatic carbocycles. The van der Waals surface area contributed by atoms with Crippen molar-refractivity contribution in [3.8, 4) is 0 Å². The summed E-state index contributed by atoms with van der Waals surface area (Å²) in [5, 5.41) is 0. The largest absolute Gasteiger partial charge is 0.148 e. The first-order valence-electron chi connectivity index (χ1n) is 5.37. The predicted molar refractivity (Wildman–Crippen MR) is 68.5 cm³/mol.